The summed E-state index contributed by atoms with van der Waals surface area (Å²) in [5, 5.41) is 14.4. The van der Waals surface area contributed by atoms with E-state index in [0.29, 0.717) is 36.7 Å². The van der Waals surface area contributed by atoms with Gasteiger partial charge in [-0.15, -0.1) is 0 Å². The number of hydrogen-bond donors (Lipinski definition) is 1. The van der Waals surface area contributed by atoms with E-state index in [-0.39, 0.29) is 16.9 Å². The van der Waals surface area contributed by atoms with Crippen LogP contribution >= 0.6 is 0 Å². The van der Waals surface area contributed by atoms with Gasteiger partial charge in [0.15, 0.2) is 0 Å². The van der Waals surface area contributed by atoms with Gasteiger partial charge in [-0.2, -0.15) is 18.2 Å². The van der Waals surface area contributed by atoms with E-state index in [1.165, 1.54) is 0 Å². The van der Waals surface area contributed by atoms with Crippen LogP contribution in [-0.4, -0.2) is 30.1 Å². The topological polar surface area (TPSA) is 106 Å². The number of nitrogens with one attached hydrogen (secondary N) is 1. The quantitative estimate of drug-likeness (QED) is 0.421. The minimum absolute atomic E-state index is 0.102. The van der Waals surface area contributed by atoms with Crippen molar-refractivity contribution >= 4 is 23.2 Å². The molecule has 1 aliphatic heterocycles. The summed E-state index contributed by atoms with van der Waals surface area (Å²) >= 11 is 0. The standard InChI is InChI=1S/C23H21F3N6O3/c1-12(14-4-15(23(24,25)26)6-16(5-14)32(34)35)28-19-17-10-30(20(33)22-7-13(8-22)9-22)11-18(17)31-3-2-27-21(31)29-19/h2-6,12-13H,7-11H2,1H3,(H,27,28,29)/t12-,13?,22?/m1/s1. The van der Waals surface area contributed by atoms with E-state index in [9.17, 15) is 28.1 Å². The Morgan fingerprint density at radius 3 is 2.63 bits per heavy atom. The predicted molar refractivity (Wildman–Crippen MR) is 117 cm³/mol. The summed E-state index contributed by atoms with van der Waals surface area (Å²) in [5.41, 5.74) is -0.245. The Balaban J connectivity index is 1.34. The highest BCUT2D eigenvalue weighted by molar-refractivity contribution is 5.86. The third-order valence-electron chi connectivity index (χ3n) is 7.56. The van der Waals surface area contributed by atoms with E-state index in [2.05, 4.69) is 15.3 Å². The summed E-state index contributed by atoms with van der Waals surface area (Å²) < 4.78 is 41.9. The SMILES string of the molecule is C[C@@H](Nc1nc2nccn2c2c1CN(C(=O)C13CC(C1)C3)C2)c1cc([N+](=O)[O-])cc(C(F)(F)F)c1. The van der Waals surface area contributed by atoms with Gasteiger partial charge in [-0.3, -0.25) is 19.3 Å². The fourth-order valence-electron chi connectivity index (χ4n) is 5.58. The fraction of sp³-hybridized carbons (Fsp3) is 0.435. The smallest absolute Gasteiger partial charge is 0.363 e. The highest BCUT2D eigenvalue weighted by Gasteiger charge is 2.62. The number of benzene rings is 1. The minimum Gasteiger partial charge on any atom is -0.363 e. The van der Waals surface area contributed by atoms with Crippen molar-refractivity contribution in [3.8, 4) is 0 Å². The Morgan fingerprint density at radius 1 is 1.26 bits per heavy atom. The van der Waals surface area contributed by atoms with Crippen LogP contribution in [0.5, 0.6) is 0 Å². The van der Waals surface area contributed by atoms with Gasteiger partial charge in [0.25, 0.3) is 5.69 Å². The van der Waals surface area contributed by atoms with Gasteiger partial charge in [-0.1, -0.05) is 0 Å². The summed E-state index contributed by atoms with van der Waals surface area (Å²) in [5.74, 6) is 1.60. The van der Waals surface area contributed by atoms with Gasteiger partial charge < -0.3 is 10.2 Å². The second-order valence-electron chi connectivity index (χ2n) is 9.84. The lowest BCUT2D eigenvalue weighted by atomic mass is 9.44. The van der Waals surface area contributed by atoms with Crippen molar-refractivity contribution in [3.05, 3.63) is 63.1 Å². The van der Waals surface area contributed by atoms with Crippen LogP contribution < -0.4 is 5.32 Å². The van der Waals surface area contributed by atoms with Crippen molar-refractivity contribution in [2.75, 3.05) is 5.32 Å². The number of non-ortho nitro benzene ring substituents is 1. The molecule has 2 bridgehead atoms. The van der Waals surface area contributed by atoms with Crippen LogP contribution in [0.3, 0.4) is 0 Å². The third kappa shape index (κ3) is 3.34. The minimum atomic E-state index is -4.73. The maximum Gasteiger partial charge on any atom is 0.416 e. The molecule has 2 aromatic heterocycles. The van der Waals surface area contributed by atoms with Crippen molar-refractivity contribution in [2.24, 2.45) is 11.3 Å². The molecule has 35 heavy (non-hydrogen) atoms. The molecular formula is C23H21F3N6O3. The Hall–Kier alpha value is -3.70. The lowest BCUT2D eigenvalue weighted by Gasteiger charge is -2.61. The lowest BCUT2D eigenvalue weighted by molar-refractivity contribution is -0.385. The van der Waals surface area contributed by atoms with Crippen LogP contribution in [0.2, 0.25) is 0 Å². The van der Waals surface area contributed by atoms with E-state index in [1.54, 1.807) is 19.3 Å². The van der Waals surface area contributed by atoms with Crippen LogP contribution in [0.4, 0.5) is 24.7 Å². The van der Waals surface area contributed by atoms with E-state index >= 15 is 0 Å². The van der Waals surface area contributed by atoms with Gasteiger partial charge in [0.1, 0.15) is 5.82 Å². The number of anilines is 1. The number of rotatable bonds is 5. The number of halogens is 3. The molecule has 0 radical (unpaired) electrons. The summed E-state index contributed by atoms with van der Waals surface area (Å²) in [7, 11) is 0. The molecule has 3 heterocycles. The monoisotopic (exact) mass is 486 g/mol. The van der Waals surface area contributed by atoms with E-state index in [1.807, 2.05) is 9.30 Å². The van der Waals surface area contributed by atoms with Crippen molar-refractivity contribution in [2.45, 2.75) is 51.5 Å². The molecule has 0 spiro atoms. The van der Waals surface area contributed by atoms with Crippen molar-refractivity contribution in [1.82, 2.24) is 19.3 Å². The van der Waals surface area contributed by atoms with Gasteiger partial charge in [-0.25, -0.2) is 4.98 Å². The number of nitro groups is 1. The number of carbonyl (C=O) groups excluding carboxylic acids is 1. The molecule has 3 aromatic rings. The van der Waals surface area contributed by atoms with Crippen LogP contribution in [0, 0.1) is 21.4 Å². The number of imidazole rings is 1. The number of fused-ring (bicyclic) bond motifs is 3. The average molecular weight is 486 g/mol. The number of carbonyl (C=O) groups is 1. The maximum absolute atomic E-state index is 13.4. The first-order valence-electron chi connectivity index (χ1n) is 11.3. The number of nitrogens with zero attached hydrogens (tertiary/aromatic N) is 5. The zero-order chi connectivity index (χ0) is 24.7. The summed E-state index contributed by atoms with van der Waals surface area (Å²) in [6, 6.07) is 1.82. The number of aromatic nitrogens is 3. The Labute approximate surface area is 197 Å². The average Bonchev–Trinajstić information content (AvgIpc) is 3.37. The normalized spacial score (nSPS) is 23.4. The molecule has 182 valence electrons. The van der Waals surface area contributed by atoms with Crippen molar-refractivity contribution < 1.29 is 22.9 Å². The third-order valence-corrected chi connectivity index (χ3v) is 7.56. The fourth-order valence-corrected chi connectivity index (χ4v) is 5.58. The Bertz CT molecular complexity index is 1380. The van der Waals surface area contributed by atoms with Crippen molar-refractivity contribution in [3.63, 3.8) is 0 Å². The van der Waals surface area contributed by atoms with Crippen LogP contribution in [0.15, 0.2) is 30.6 Å². The first-order valence-corrected chi connectivity index (χ1v) is 11.3. The number of nitro benzene ring substituents is 1. The largest absolute Gasteiger partial charge is 0.416 e. The number of alkyl halides is 3. The van der Waals surface area contributed by atoms with Gasteiger partial charge in [0.2, 0.25) is 11.7 Å². The van der Waals surface area contributed by atoms with E-state index in [0.717, 1.165) is 42.7 Å². The molecule has 1 amide bonds. The molecule has 1 aromatic carbocycles. The zero-order valence-corrected chi connectivity index (χ0v) is 18.7. The molecule has 0 saturated heterocycles. The highest BCUT2D eigenvalue weighted by atomic mass is 19.4. The molecule has 4 aliphatic rings. The lowest BCUT2D eigenvalue weighted by Crippen LogP contribution is -2.60. The second kappa shape index (κ2) is 7.15. The molecule has 9 nitrogen and oxygen atoms in total. The molecule has 7 rings (SSSR count). The molecule has 0 unspecified atom stereocenters. The first-order chi connectivity index (χ1) is 16.5. The summed E-state index contributed by atoms with van der Waals surface area (Å²) in [6.07, 6.45) is 1.45. The second-order valence-corrected chi connectivity index (χ2v) is 9.84. The molecule has 1 N–H and O–H groups in total. The van der Waals surface area contributed by atoms with Crippen molar-refractivity contribution in [1.29, 1.82) is 0 Å². The van der Waals surface area contributed by atoms with Crippen LogP contribution in [0.1, 0.15) is 54.6 Å². The Morgan fingerprint density at radius 2 is 2.00 bits per heavy atom. The van der Waals surface area contributed by atoms with E-state index in [4.69, 9.17) is 0 Å². The highest BCUT2D eigenvalue weighted by Crippen LogP contribution is 2.65. The molecule has 1 atom stereocenters. The molecule has 3 saturated carbocycles. The number of hydrogen-bond acceptors (Lipinski definition) is 6. The zero-order valence-electron chi connectivity index (χ0n) is 18.7. The molecule has 3 fully saturated rings. The Kier molecular flexibility index (Phi) is 4.46. The van der Waals surface area contributed by atoms with Gasteiger partial charge in [0, 0.05) is 30.1 Å². The maximum atomic E-state index is 13.4. The number of amides is 1. The molecular weight excluding hydrogens is 465 g/mol. The van der Waals surface area contributed by atoms with Crippen LogP contribution in [-0.2, 0) is 24.1 Å². The molecule has 3 aliphatic carbocycles. The predicted octanol–water partition coefficient (Wildman–Crippen LogP) is 4.47. The van der Waals surface area contributed by atoms with Gasteiger partial charge in [0.05, 0.1) is 40.7 Å². The molecule has 12 heteroatoms. The van der Waals surface area contributed by atoms with Gasteiger partial charge >= 0.3 is 6.18 Å². The summed E-state index contributed by atoms with van der Waals surface area (Å²) in [4.78, 5) is 34.2. The summed E-state index contributed by atoms with van der Waals surface area (Å²) in [6.45, 7) is 2.34. The van der Waals surface area contributed by atoms with Gasteiger partial charge in [-0.05, 0) is 43.7 Å². The first kappa shape index (κ1) is 21.8. The van der Waals surface area contributed by atoms with Crippen LogP contribution in [0.25, 0.3) is 5.78 Å². The van der Waals surface area contributed by atoms with E-state index < -0.39 is 28.4 Å².